The van der Waals surface area contributed by atoms with Gasteiger partial charge in [-0.05, 0) is 29.4 Å². The zero-order valence-electron chi connectivity index (χ0n) is 12.2. The van der Waals surface area contributed by atoms with Crippen LogP contribution in [0.25, 0.3) is 0 Å². The highest BCUT2D eigenvalue weighted by molar-refractivity contribution is 5.75. The minimum absolute atomic E-state index is 0.00000534. The van der Waals surface area contributed by atoms with Gasteiger partial charge in [0.25, 0.3) is 0 Å². The van der Waals surface area contributed by atoms with E-state index < -0.39 is 0 Å². The Morgan fingerprint density at radius 2 is 1.84 bits per heavy atom. The van der Waals surface area contributed by atoms with Gasteiger partial charge in [0.15, 0.2) is 0 Å². The van der Waals surface area contributed by atoms with Crippen LogP contribution in [-0.4, -0.2) is 24.2 Å². The molecule has 3 heteroatoms. The molecule has 0 fully saturated rings. The quantitative estimate of drug-likeness (QED) is 0.828. The molecule has 0 atom stereocenters. The lowest BCUT2D eigenvalue weighted by molar-refractivity contribution is -0.121. The molecule has 0 saturated carbocycles. The van der Waals surface area contributed by atoms with Crippen molar-refractivity contribution in [2.45, 2.75) is 45.4 Å². The van der Waals surface area contributed by atoms with Gasteiger partial charge >= 0.3 is 0 Å². The lowest BCUT2D eigenvalue weighted by Crippen LogP contribution is -2.26. The van der Waals surface area contributed by atoms with E-state index in [4.69, 9.17) is 5.11 Å². The summed E-state index contributed by atoms with van der Waals surface area (Å²) in [6.45, 7) is 6.95. The molecule has 1 aromatic rings. The van der Waals surface area contributed by atoms with Gasteiger partial charge in [0.1, 0.15) is 0 Å². The number of carbonyl (C=O) groups excluding carboxylic acids is 1. The van der Waals surface area contributed by atoms with Gasteiger partial charge in [-0.25, -0.2) is 0 Å². The monoisotopic (exact) mass is 263 g/mol. The molecule has 0 aromatic heterocycles. The van der Waals surface area contributed by atoms with Crippen molar-refractivity contribution in [3.8, 4) is 0 Å². The standard InChI is InChI=1S/C16H25NO2/c1-16(2,3)14-9-7-13(8-10-14)5-4-6-15(19)17-11-12-18/h7-10,18H,4-6,11-12H2,1-3H3,(H,17,19). The van der Waals surface area contributed by atoms with E-state index in [-0.39, 0.29) is 17.9 Å². The minimum atomic E-state index is 0.00000534. The number of aliphatic hydroxyl groups excluding tert-OH is 1. The van der Waals surface area contributed by atoms with Crippen molar-refractivity contribution in [3.63, 3.8) is 0 Å². The number of hydrogen-bond acceptors (Lipinski definition) is 2. The van der Waals surface area contributed by atoms with Crippen LogP contribution in [0.15, 0.2) is 24.3 Å². The molecule has 19 heavy (non-hydrogen) atoms. The van der Waals surface area contributed by atoms with Crippen LogP contribution in [0.2, 0.25) is 0 Å². The maximum atomic E-state index is 11.4. The van der Waals surface area contributed by atoms with Gasteiger partial charge in [0.05, 0.1) is 6.61 Å². The molecule has 0 aliphatic heterocycles. The summed E-state index contributed by atoms with van der Waals surface area (Å²) >= 11 is 0. The summed E-state index contributed by atoms with van der Waals surface area (Å²) in [6.07, 6.45) is 2.27. The van der Waals surface area contributed by atoms with E-state index in [1.807, 2.05) is 0 Å². The third-order valence-corrected chi connectivity index (χ3v) is 3.12. The summed E-state index contributed by atoms with van der Waals surface area (Å²) in [5, 5.41) is 11.3. The van der Waals surface area contributed by atoms with Crippen molar-refractivity contribution in [1.29, 1.82) is 0 Å². The Labute approximate surface area is 116 Å². The molecule has 1 amide bonds. The molecule has 0 radical (unpaired) electrons. The fourth-order valence-electron chi connectivity index (χ4n) is 1.91. The molecule has 1 rings (SSSR count). The molecule has 106 valence electrons. The Hall–Kier alpha value is -1.35. The summed E-state index contributed by atoms with van der Waals surface area (Å²) in [5.41, 5.74) is 2.78. The van der Waals surface area contributed by atoms with Crippen LogP contribution in [-0.2, 0) is 16.6 Å². The van der Waals surface area contributed by atoms with Crippen molar-refractivity contribution in [2.75, 3.05) is 13.2 Å². The number of benzene rings is 1. The Morgan fingerprint density at radius 3 is 2.37 bits per heavy atom. The largest absolute Gasteiger partial charge is 0.395 e. The Morgan fingerprint density at radius 1 is 1.21 bits per heavy atom. The molecule has 0 bridgehead atoms. The SMILES string of the molecule is CC(C)(C)c1ccc(CCCC(=O)NCCO)cc1. The molecule has 2 N–H and O–H groups in total. The highest BCUT2D eigenvalue weighted by atomic mass is 16.3. The Kier molecular flexibility index (Phi) is 6.03. The van der Waals surface area contributed by atoms with Crippen molar-refractivity contribution in [1.82, 2.24) is 5.32 Å². The second-order valence-electron chi connectivity index (χ2n) is 5.87. The number of nitrogens with one attached hydrogen (secondary N) is 1. The smallest absolute Gasteiger partial charge is 0.220 e. The lowest BCUT2D eigenvalue weighted by atomic mass is 9.86. The first-order chi connectivity index (χ1) is 8.93. The van der Waals surface area contributed by atoms with E-state index in [9.17, 15) is 4.79 Å². The van der Waals surface area contributed by atoms with Crippen molar-refractivity contribution in [3.05, 3.63) is 35.4 Å². The molecule has 0 unspecified atom stereocenters. The van der Waals surface area contributed by atoms with Gasteiger partial charge in [-0.1, -0.05) is 45.0 Å². The van der Waals surface area contributed by atoms with Gasteiger partial charge in [-0.15, -0.1) is 0 Å². The van der Waals surface area contributed by atoms with Crippen molar-refractivity contribution in [2.24, 2.45) is 0 Å². The first-order valence-corrected chi connectivity index (χ1v) is 6.90. The molecule has 3 nitrogen and oxygen atoms in total. The lowest BCUT2D eigenvalue weighted by Gasteiger charge is -2.19. The second kappa shape index (κ2) is 7.29. The minimum Gasteiger partial charge on any atom is -0.395 e. The van der Waals surface area contributed by atoms with Crippen LogP contribution in [0.1, 0.15) is 44.7 Å². The van der Waals surface area contributed by atoms with E-state index in [1.165, 1.54) is 11.1 Å². The average molecular weight is 263 g/mol. The van der Waals surface area contributed by atoms with E-state index in [0.717, 1.165) is 12.8 Å². The Balaban J connectivity index is 2.36. The number of aliphatic hydroxyl groups is 1. The van der Waals surface area contributed by atoms with Gasteiger partial charge in [-0.3, -0.25) is 4.79 Å². The number of hydrogen-bond donors (Lipinski definition) is 2. The van der Waals surface area contributed by atoms with E-state index in [0.29, 0.717) is 13.0 Å². The third kappa shape index (κ3) is 5.88. The first-order valence-electron chi connectivity index (χ1n) is 6.90. The molecule has 1 aromatic carbocycles. The van der Waals surface area contributed by atoms with E-state index in [2.05, 4.69) is 50.4 Å². The number of rotatable bonds is 6. The summed E-state index contributed by atoms with van der Waals surface area (Å²) < 4.78 is 0. The molecule has 0 saturated heterocycles. The van der Waals surface area contributed by atoms with Crippen LogP contribution < -0.4 is 5.32 Å². The normalized spacial score (nSPS) is 11.4. The van der Waals surface area contributed by atoms with E-state index >= 15 is 0 Å². The molecule has 0 heterocycles. The average Bonchev–Trinajstić information content (AvgIpc) is 2.36. The zero-order chi connectivity index (χ0) is 14.3. The summed E-state index contributed by atoms with van der Waals surface area (Å²) in [4.78, 5) is 11.4. The molecular formula is C16H25NO2. The summed E-state index contributed by atoms with van der Waals surface area (Å²) in [6, 6.07) is 8.63. The fourth-order valence-corrected chi connectivity index (χ4v) is 1.91. The predicted octanol–water partition coefficient (Wildman–Crippen LogP) is 2.42. The summed E-state index contributed by atoms with van der Waals surface area (Å²) in [5.74, 6) is 0.0142. The van der Waals surface area contributed by atoms with Gasteiger partial charge in [0, 0.05) is 13.0 Å². The predicted molar refractivity (Wildman–Crippen MR) is 78.2 cm³/mol. The van der Waals surface area contributed by atoms with Gasteiger partial charge in [-0.2, -0.15) is 0 Å². The maximum absolute atomic E-state index is 11.4. The number of amides is 1. The highest BCUT2D eigenvalue weighted by Crippen LogP contribution is 2.22. The van der Waals surface area contributed by atoms with Crippen LogP contribution >= 0.6 is 0 Å². The van der Waals surface area contributed by atoms with Gasteiger partial charge < -0.3 is 10.4 Å². The van der Waals surface area contributed by atoms with Gasteiger partial charge in [0.2, 0.25) is 5.91 Å². The molecular weight excluding hydrogens is 238 g/mol. The third-order valence-electron chi connectivity index (χ3n) is 3.12. The van der Waals surface area contributed by atoms with Crippen molar-refractivity contribution >= 4 is 5.91 Å². The number of carbonyl (C=O) groups is 1. The molecule has 0 aliphatic carbocycles. The van der Waals surface area contributed by atoms with Crippen LogP contribution in [0.4, 0.5) is 0 Å². The number of aryl methyl sites for hydroxylation is 1. The summed E-state index contributed by atoms with van der Waals surface area (Å²) in [7, 11) is 0. The van der Waals surface area contributed by atoms with Crippen LogP contribution in [0.5, 0.6) is 0 Å². The first kappa shape index (κ1) is 15.7. The zero-order valence-corrected chi connectivity index (χ0v) is 12.2. The second-order valence-corrected chi connectivity index (χ2v) is 5.87. The van der Waals surface area contributed by atoms with E-state index in [1.54, 1.807) is 0 Å². The van der Waals surface area contributed by atoms with Crippen molar-refractivity contribution < 1.29 is 9.90 Å². The fraction of sp³-hybridized carbons (Fsp3) is 0.562. The molecule has 0 aliphatic rings. The van der Waals surface area contributed by atoms with Crippen LogP contribution in [0.3, 0.4) is 0 Å². The topological polar surface area (TPSA) is 49.3 Å². The maximum Gasteiger partial charge on any atom is 0.220 e. The van der Waals surface area contributed by atoms with Crippen LogP contribution in [0, 0.1) is 0 Å². The Bertz CT molecular complexity index is 390. The molecule has 0 spiro atoms. The highest BCUT2D eigenvalue weighted by Gasteiger charge is 2.12.